The van der Waals surface area contributed by atoms with Crippen molar-refractivity contribution in [2.75, 3.05) is 26.4 Å². The van der Waals surface area contributed by atoms with Crippen molar-refractivity contribution in [3.8, 4) is 0 Å². The molecule has 88 valence electrons. The van der Waals surface area contributed by atoms with Crippen molar-refractivity contribution in [3.05, 3.63) is 37.0 Å². The van der Waals surface area contributed by atoms with Crippen LogP contribution < -0.4 is 0 Å². The van der Waals surface area contributed by atoms with Crippen LogP contribution in [0.1, 0.15) is 20.8 Å². The molecule has 0 saturated heterocycles. The average molecular weight is 212 g/mol. The van der Waals surface area contributed by atoms with Gasteiger partial charge in [-0.1, -0.05) is 45.2 Å². The fourth-order valence-electron chi connectivity index (χ4n) is 0.779. The molecule has 0 amide bonds. The van der Waals surface area contributed by atoms with Crippen LogP contribution in [0.3, 0.4) is 0 Å². The standard InChI is InChI=1S/C11H18O2.C2H6/c1-4-7-11(5-2)10-13-9-8-12-6-3;1-2/h4-5,7H,1-2,6,8-10H2,3H3;1-2H3/b11-7+;. The average Bonchev–Trinajstić information content (AvgIpc) is 2.30. The fourth-order valence-corrected chi connectivity index (χ4v) is 0.779. The summed E-state index contributed by atoms with van der Waals surface area (Å²) in [4.78, 5) is 0. The van der Waals surface area contributed by atoms with Crippen molar-refractivity contribution in [1.82, 2.24) is 0 Å². The van der Waals surface area contributed by atoms with E-state index in [0.29, 0.717) is 19.8 Å². The lowest BCUT2D eigenvalue weighted by Crippen LogP contribution is -2.05. The molecule has 0 fully saturated rings. The van der Waals surface area contributed by atoms with E-state index in [1.807, 2.05) is 26.8 Å². The maximum atomic E-state index is 5.33. The van der Waals surface area contributed by atoms with Crippen molar-refractivity contribution in [2.24, 2.45) is 0 Å². The Kier molecular flexibility index (Phi) is 17.2. The second kappa shape index (κ2) is 15.6. The number of ether oxygens (including phenoxy) is 2. The van der Waals surface area contributed by atoms with E-state index in [2.05, 4.69) is 13.2 Å². The largest absolute Gasteiger partial charge is 0.379 e. The Hall–Kier alpha value is -0.860. The molecule has 2 heteroatoms. The predicted molar refractivity (Wildman–Crippen MR) is 67.1 cm³/mol. The van der Waals surface area contributed by atoms with E-state index in [9.17, 15) is 0 Å². The molecule has 15 heavy (non-hydrogen) atoms. The highest BCUT2D eigenvalue weighted by molar-refractivity contribution is 5.21. The molecular weight excluding hydrogens is 188 g/mol. The molecule has 0 aromatic carbocycles. The lowest BCUT2D eigenvalue weighted by atomic mass is 10.2. The molecule has 0 rings (SSSR count). The first-order valence-corrected chi connectivity index (χ1v) is 5.44. The lowest BCUT2D eigenvalue weighted by Gasteiger charge is -2.04. The van der Waals surface area contributed by atoms with E-state index < -0.39 is 0 Å². The molecule has 0 atom stereocenters. The van der Waals surface area contributed by atoms with Crippen molar-refractivity contribution in [2.45, 2.75) is 20.8 Å². The first kappa shape index (κ1) is 16.6. The summed E-state index contributed by atoms with van der Waals surface area (Å²) in [5, 5.41) is 0. The third-order valence-electron chi connectivity index (χ3n) is 1.44. The zero-order valence-electron chi connectivity index (χ0n) is 10.3. The van der Waals surface area contributed by atoms with Crippen LogP contribution in [0.25, 0.3) is 0 Å². The number of hydrogen-bond donors (Lipinski definition) is 0. The Morgan fingerprint density at radius 2 is 1.73 bits per heavy atom. The minimum atomic E-state index is 0.572. The number of allylic oxidation sites excluding steroid dienone is 2. The van der Waals surface area contributed by atoms with E-state index in [1.54, 1.807) is 12.2 Å². The molecule has 0 bridgehead atoms. The maximum Gasteiger partial charge on any atom is 0.0717 e. The molecule has 0 saturated carbocycles. The van der Waals surface area contributed by atoms with Gasteiger partial charge in [0.1, 0.15) is 0 Å². The summed E-state index contributed by atoms with van der Waals surface area (Å²) in [6.45, 7) is 15.8. The molecule has 0 spiro atoms. The monoisotopic (exact) mass is 212 g/mol. The van der Waals surface area contributed by atoms with Crippen molar-refractivity contribution >= 4 is 0 Å². The summed E-state index contributed by atoms with van der Waals surface area (Å²) in [6.07, 6.45) is 5.37. The number of hydrogen-bond acceptors (Lipinski definition) is 2. The molecule has 2 nitrogen and oxygen atoms in total. The Bertz CT molecular complexity index is 171. The van der Waals surface area contributed by atoms with Crippen LogP contribution >= 0.6 is 0 Å². The van der Waals surface area contributed by atoms with Gasteiger partial charge in [-0.2, -0.15) is 0 Å². The van der Waals surface area contributed by atoms with Gasteiger partial charge in [0, 0.05) is 6.61 Å². The van der Waals surface area contributed by atoms with Gasteiger partial charge in [0.15, 0.2) is 0 Å². The molecular formula is C13H24O2. The van der Waals surface area contributed by atoms with Crippen LogP contribution in [0, 0.1) is 0 Å². The number of rotatable bonds is 8. The molecule has 0 aliphatic rings. The Morgan fingerprint density at radius 1 is 1.13 bits per heavy atom. The van der Waals surface area contributed by atoms with Crippen LogP contribution in [-0.2, 0) is 9.47 Å². The molecule has 0 aromatic rings. The summed E-state index contributed by atoms with van der Waals surface area (Å²) < 4.78 is 10.4. The van der Waals surface area contributed by atoms with Gasteiger partial charge in [-0.05, 0) is 12.5 Å². The Balaban J connectivity index is 0. The van der Waals surface area contributed by atoms with Gasteiger partial charge in [-0.3, -0.25) is 0 Å². The van der Waals surface area contributed by atoms with E-state index in [-0.39, 0.29) is 0 Å². The fraction of sp³-hybridized carbons (Fsp3) is 0.538. The van der Waals surface area contributed by atoms with Crippen molar-refractivity contribution < 1.29 is 9.47 Å². The van der Waals surface area contributed by atoms with Gasteiger partial charge in [0.2, 0.25) is 0 Å². The second-order valence-corrected chi connectivity index (χ2v) is 2.43. The third kappa shape index (κ3) is 13.1. The Morgan fingerprint density at radius 3 is 2.20 bits per heavy atom. The second-order valence-electron chi connectivity index (χ2n) is 2.43. The first-order chi connectivity index (χ1) is 7.35. The minimum absolute atomic E-state index is 0.572. The third-order valence-corrected chi connectivity index (χ3v) is 1.44. The summed E-state index contributed by atoms with van der Waals surface area (Å²) in [7, 11) is 0. The van der Waals surface area contributed by atoms with E-state index in [4.69, 9.17) is 9.47 Å². The highest BCUT2D eigenvalue weighted by atomic mass is 16.5. The Labute approximate surface area is 94.3 Å². The molecule has 0 heterocycles. The van der Waals surface area contributed by atoms with Gasteiger partial charge >= 0.3 is 0 Å². The summed E-state index contributed by atoms with van der Waals surface area (Å²) >= 11 is 0. The zero-order valence-corrected chi connectivity index (χ0v) is 10.3. The first-order valence-electron chi connectivity index (χ1n) is 5.44. The van der Waals surface area contributed by atoms with Crippen molar-refractivity contribution in [1.29, 1.82) is 0 Å². The van der Waals surface area contributed by atoms with E-state index in [1.165, 1.54) is 0 Å². The molecule has 0 N–H and O–H groups in total. The van der Waals surface area contributed by atoms with Gasteiger partial charge in [-0.15, -0.1) is 0 Å². The van der Waals surface area contributed by atoms with Gasteiger partial charge in [0.05, 0.1) is 19.8 Å². The van der Waals surface area contributed by atoms with Crippen molar-refractivity contribution in [3.63, 3.8) is 0 Å². The van der Waals surface area contributed by atoms with Gasteiger partial charge in [0.25, 0.3) is 0 Å². The van der Waals surface area contributed by atoms with E-state index in [0.717, 1.165) is 12.2 Å². The highest BCUT2D eigenvalue weighted by Gasteiger charge is 1.91. The smallest absolute Gasteiger partial charge is 0.0717 e. The molecule has 0 radical (unpaired) electrons. The predicted octanol–water partition coefficient (Wildman–Crippen LogP) is 3.36. The normalized spacial score (nSPS) is 10.2. The summed E-state index contributed by atoms with van der Waals surface area (Å²) in [5.74, 6) is 0. The maximum absolute atomic E-state index is 5.33. The molecule has 0 aliphatic heterocycles. The summed E-state index contributed by atoms with van der Waals surface area (Å²) in [5.41, 5.74) is 1.03. The molecule has 0 unspecified atom stereocenters. The minimum Gasteiger partial charge on any atom is -0.379 e. The van der Waals surface area contributed by atoms with Crippen LogP contribution in [0.2, 0.25) is 0 Å². The van der Waals surface area contributed by atoms with Crippen LogP contribution in [0.4, 0.5) is 0 Å². The van der Waals surface area contributed by atoms with Crippen LogP contribution in [0.5, 0.6) is 0 Å². The lowest BCUT2D eigenvalue weighted by molar-refractivity contribution is 0.0627. The molecule has 0 aliphatic carbocycles. The topological polar surface area (TPSA) is 18.5 Å². The quantitative estimate of drug-likeness (QED) is 0.453. The summed E-state index contributed by atoms with van der Waals surface area (Å²) in [6, 6.07) is 0. The van der Waals surface area contributed by atoms with Crippen LogP contribution in [0.15, 0.2) is 37.0 Å². The zero-order chi connectivity index (χ0) is 11.9. The molecule has 0 aromatic heterocycles. The van der Waals surface area contributed by atoms with Gasteiger partial charge < -0.3 is 9.47 Å². The highest BCUT2D eigenvalue weighted by Crippen LogP contribution is 1.96. The SMILES string of the molecule is C=C/C=C(\C=C)COCCOCC.CC. The van der Waals surface area contributed by atoms with Gasteiger partial charge in [-0.25, -0.2) is 0 Å². The van der Waals surface area contributed by atoms with Crippen LogP contribution in [-0.4, -0.2) is 26.4 Å². The van der Waals surface area contributed by atoms with E-state index >= 15 is 0 Å².